The molecule has 3 heterocycles. The molecular formula is C28H32FN5OS. The van der Waals surface area contributed by atoms with Crippen molar-refractivity contribution < 1.29 is 9.18 Å². The van der Waals surface area contributed by atoms with Crippen LogP contribution in [0.25, 0.3) is 0 Å². The van der Waals surface area contributed by atoms with Gasteiger partial charge in [-0.2, -0.15) is 0 Å². The molecule has 1 aromatic heterocycles. The molecule has 3 aromatic rings. The molecule has 0 spiro atoms. The molecule has 2 saturated heterocycles. The van der Waals surface area contributed by atoms with Crippen LogP contribution in [0.15, 0.2) is 59.8 Å². The number of anilines is 2. The summed E-state index contributed by atoms with van der Waals surface area (Å²) in [6.45, 7) is 6.89. The van der Waals surface area contributed by atoms with E-state index in [4.69, 9.17) is 9.97 Å². The third-order valence-corrected chi connectivity index (χ3v) is 7.78. The second kappa shape index (κ2) is 11.3. The fourth-order valence-electron chi connectivity index (χ4n) is 4.75. The number of piperazine rings is 1. The molecule has 0 saturated carbocycles. The van der Waals surface area contributed by atoms with Crippen molar-refractivity contribution in [3.63, 3.8) is 0 Å². The summed E-state index contributed by atoms with van der Waals surface area (Å²) in [6.07, 6.45) is 3.03. The first-order valence-corrected chi connectivity index (χ1v) is 13.7. The van der Waals surface area contributed by atoms with Crippen molar-refractivity contribution in [1.29, 1.82) is 0 Å². The van der Waals surface area contributed by atoms with Crippen LogP contribution in [0.5, 0.6) is 0 Å². The number of para-hydroxylation sites is 1. The number of carbonyl (C=O) groups is 1. The van der Waals surface area contributed by atoms with Crippen molar-refractivity contribution in [2.24, 2.45) is 0 Å². The van der Waals surface area contributed by atoms with Crippen molar-refractivity contribution in [3.8, 4) is 0 Å². The molecule has 1 amide bonds. The van der Waals surface area contributed by atoms with Gasteiger partial charge in [0.15, 0.2) is 5.16 Å². The minimum absolute atomic E-state index is 0.130. The van der Waals surface area contributed by atoms with Crippen LogP contribution < -0.4 is 9.80 Å². The van der Waals surface area contributed by atoms with E-state index in [1.54, 1.807) is 17.8 Å². The lowest BCUT2D eigenvalue weighted by atomic mass is 10.1. The Kier molecular flexibility index (Phi) is 7.70. The number of hydrogen-bond acceptors (Lipinski definition) is 6. The number of rotatable bonds is 7. The summed E-state index contributed by atoms with van der Waals surface area (Å²) >= 11 is 1.62. The Morgan fingerprint density at radius 2 is 1.61 bits per heavy atom. The summed E-state index contributed by atoms with van der Waals surface area (Å²) in [5.41, 5.74) is 3.58. The van der Waals surface area contributed by atoms with Crippen LogP contribution in [0.4, 0.5) is 15.9 Å². The molecule has 0 bridgehead atoms. The van der Waals surface area contributed by atoms with Crippen molar-refractivity contribution in [2.45, 2.75) is 37.1 Å². The zero-order valence-electron chi connectivity index (χ0n) is 20.7. The zero-order chi connectivity index (χ0) is 24.9. The predicted octanol–water partition coefficient (Wildman–Crippen LogP) is 5.03. The molecule has 0 radical (unpaired) electrons. The van der Waals surface area contributed by atoms with Crippen molar-refractivity contribution in [1.82, 2.24) is 14.9 Å². The average Bonchev–Trinajstić information content (AvgIpc) is 3.47. The molecule has 36 heavy (non-hydrogen) atoms. The normalized spacial score (nSPS) is 16.0. The molecule has 8 heteroatoms. The van der Waals surface area contributed by atoms with Gasteiger partial charge in [-0.05, 0) is 49.1 Å². The number of benzene rings is 2. The van der Waals surface area contributed by atoms with Crippen molar-refractivity contribution >= 4 is 29.2 Å². The maximum Gasteiger partial charge on any atom is 0.253 e. The summed E-state index contributed by atoms with van der Waals surface area (Å²) in [5.74, 6) is 1.63. The quantitative estimate of drug-likeness (QED) is 0.332. The molecule has 2 fully saturated rings. The van der Waals surface area contributed by atoms with Gasteiger partial charge in [0.2, 0.25) is 0 Å². The summed E-state index contributed by atoms with van der Waals surface area (Å²) in [6, 6.07) is 17.0. The van der Waals surface area contributed by atoms with Gasteiger partial charge in [0.1, 0.15) is 11.6 Å². The van der Waals surface area contributed by atoms with Gasteiger partial charge in [0.05, 0.1) is 5.69 Å². The van der Waals surface area contributed by atoms with E-state index in [-0.39, 0.29) is 11.7 Å². The Morgan fingerprint density at radius 1 is 0.917 bits per heavy atom. The molecule has 0 N–H and O–H groups in total. The van der Waals surface area contributed by atoms with Crippen LogP contribution in [-0.4, -0.2) is 60.0 Å². The number of carbonyl (C=O) groups excluding carboxylic acids is 1. The Morgan fingerprint density at radius 3 is 2.31 bits per heavy atom. The largest absolute Gasteiger partial charge is 0.366 e. The van der Waals surface area contributed by atoms with Crippen LogP contribution in [0.3, 0.4) is 0 Å². The maximum atomic E-state index is 14.2. The molecule has 188 valence electrons. The van der Waals surface area contributed by atoms with Gasteiger partial charge in [-0.25, -0.2) is 14.4 Å². The van der Waals surface area contributed by atoms with E-state index in [1.807, 2.05) is 41.3 Å². The number of amides is 1. The van der Waals surface area contributed by atoms with Gasteiger partial charge in [-0.15, -0.1) is 0 Å². The monoisotopic (exact) mass is 505 g/mol. The van der Waals surface area contributed by atoms with Crippen LogP contribution >= 0.6 is 11.8 Å². The lowest BCUT2D eigenvalue weighted by Gasteiger charge is -2.37. The first kappa shape index (κ1) is 24.6. The first-order valence-electron chi connectivity index (χ1n) is 12.7. The number of thioether (sulfide) groups is 1. The van der Waals surface area contributed by atoms with Crippen molar-refractivity contribution in [3.05, 3.63) is 77.2 Å². The summed E-state index contributed by atoms with van der Waals surface area (Å²) in [7, 11) is 0. The fourth-order valence-corrected chi connectivity index (χ4v) is 5.57. The van der Waals surface area contributed by atoms with Crippen LogP contribution in [-0.2, 0) is 12.2 Å². The highest BCUT2D eigenvalue weighted by atomic mass is 32.2. The van der Waals surface area contributed by atoms with E-state index < -0.39 is 0 Å². The molecule has 5 rings (SSSR count). The number of aryl methyl sites for hydroxylation is 1. The third kappa shape index (κ3) is 5.64. The van der Waals surface area contributed by atoms with Gasteiger partial charge in [0, 0.05) is 62.3 Å². The standard InChI is InChI=1S/C28H32FN5OS/c1-2-23-19-26(33-17-15-32(16-18-33)25-8-4-3-7-24(25)29)31-28(30-23)36-20-21-9-11-22(12-10-21)27(35)34-13-5-6-14-34/h3-4,7-12,19H,2,5-6,13-18,20H2,1H3. The smallest absolute Gasteiger partial charge is 0.253 e. The van der Waals surface area contributed by atoms with Crippen LogP contribution in [0.1, 0.15) is 41.4 Å². The predicted molar refractivity (Wildman–Crippen MR) is 143 cm³/mol. The van der Waals surface area contributed by atoms with E-state index in [2.05, 4.69) is 22.8 Å². The number of aromatic nitrogens is 2. The molecule has 0 atom stereocenters. The minimum atomic E-state index is -0.173. The number of hydrogen-bond donors (Lipinski definition) is 0. The van der Waals surface area contributed by atoms with Gasteiger partial charge < -0.3 is 14.7 Å². The molecular weight excluding hydrogens is 473 g/mol. The Balaban J connectivity index is 1.21. The maximum absolute atomic E-state index is 14.2. The van der Waals surface area contributed by atoms with E-state index in [0.717, 1.165) is 92.1 Å². The molecule has 0 aliphatic carbocycles. The second-order valence-electron chi connectivity index (χ2n) is 9.26. The average molecular weight is 506 g/mol. The van der Waals surface area contributed by atoms with E-state index in [0.29, 0.717) is 5.69 Å². The molecule has 0 unspecified atom stereocenters. The van der Waals surface area contributed by atoms with E-state index in [1.165, 1.54) is 6.07 Å². The summed E-state index contributed by atoms with van der Waals surface area (Å²) in [4.78, 5) is 28.5. The SMILES string of the molecule is CCc1cc(N2CCN(c3ccccc3F)CC2)nc(SCc2ccc(C(=O)N3CCCC3)cc2)n1. The van der Waals surface area contributed by atoms with Gasteiger partial charge >= 0.3 is 0 Å². The van der Waals surface area contributed by atoms with Gasteiger partial charge in [-0.1, -0.05) is 43.0 Å². The Labute approximate surface area is 216 Å². The number of nitrogens with zero attached hydrogens (tertiary/aromatic N) is 5. The van der Waals surface area contributed by atoms with Gasteiger partial charge in [0.25, 0.3) is 5.91 Å². The van der Waals surface area contributed by atoms with Crippen LogP contribution in [0.2, 0.25) is 0 Å². The molecule has 6 nitrogen and oxygen atoms in total. The molecule has 2 aliphatic heterocycles. The lowest BCUT2D eigenvalue weighted by molar-refractivity contribution is 0.0793. The zero-order valence-corrected chi connectivity index (χ0v) is 21.5. The number of likely N-dealkylation sites (tertiary alicyclic amines) is 1. The minimum Gasteiger partial charge on any atom is -0.366 e. The second-order valence-corrected chi connectivity index (χ2v) is 10.2. The Hall–Kier alpha value is -3.13. The van der Waals surface area contributed by atoms with Gasteiger partial charge in [-0.3, -0.25) is 4.79 Å². The summed E-state index contributed by atoms with van der Waals surface area (Å²) in [5, 5.41) is 0.762. The highest BCUT2D eigenvalue weighted by molar-refractivity contribution is 7.98. The topological polar surface area (TPSA) is 52.6 Å². The highest BCUT2D eigenvalue weighted by Crippen LogP contribution is 2.26. The number of halogens is 1. The van der Waals surface area contributed by atoms with E-state index >= 15 is 0 Å². The molecule has 2 aromatic carbocycles. The highest BCUT2D eigenvalue weighted by Gasteiger charge is 2.22. The fraction of sp³-hybridized carbons (Fsp3) is 0.393. The first-order chi connectivity index (χ1) is 17.6. The van der Waals surface area contributed by atoms with Crippen LogP contribution in [0, 0.1) is 5.82 Å². The van der Waals surface area contributed by atoms with E-state index in [9.17, 15) is 9.18 Å². The third-order valence-electron chi connectivity index (χ3n) is 6.87. The summed E-state index contributed by atoms with van der Waals surface area (Å²) < 4.78 is 14.2. The van der Waals surface area contributed by atoms with Crippen molar-refractivity contribution in [2.75, 3.05) is 49.1 Å². The lowest BCUT2D eigenvalue weighted by Crippen LogP contribution is -2.47. The molecule has 2 aliphatic rings. The Bertz CT molecular complexity index is 1190.